The quantitative estimate of drug-likeness (QED) is 0.705. The maximum Gasteiger partial charge on any atom is 0.244 e. The minimum absolute atomic E-state index is 0.0926. The molecule has 1 heterocycles. The normalized spacial score (nSPS) is 17.3. The number of nitrogens with two attached hydrogens (primary N) is 1. The Kier molecular flexibility index (Phi) is 4.99. The molecule has 3 aromatic carbocycles. The molecule has 3 N–H and O–H groups in total. The Morgan fingerprint density at radius 3 is 2.41 bits per heavy atom. The number of hydrogen-bond donors (Lipinski definition) is 2. The van der Waals surface area contributed by atoms with Crippen molar-refractivity contribution in [1.82, 2.24) is 5.32 Å². The number of anilines is 1. The molecule has 29 heavy (non-hydrogen) atoms. The minimum Gasteiger partial charge on any atom is -0.368 e. The van der Waals surface area contributed by atoms with E-state index in [4.69, 9.17) is 5.73 Å². The summed E-state index contributed by atoms with van der Waals surface area (Å²) in [6.07, 6.45) is 0.0926. The number of benzene rings is 3. The fourth-order valence-electron chi connectivity index (χ4n) is 3.78. The van der Waals surface area contributed by atoms with Crippen LogP contribution in [0.25, 0.3) is 10.8 Å². The first-order chi connectivity index (χ1) is 14.0. The molecule has 4 rings (SSSR count). The molecule has 0 aliphatic carbocycles. The zero-order valence-corrected chi connectivity index (χ0v) is 15.7. The fraction of sp³-hybridized carbons (Fsp3) is 0.174. The highest BCUT2D eigenvalue weighted by atomic mass is 16.2. The van der Waals surface area contributed by atoms with Gasteiger partial charge in [-0.3, -0.25) is 14.4 Å². The average Bonchev–Trinajstić information content (AvgIpc) is 3.13. The number of amides is 3. The second kappa shape index (κ2) is 7.75. The van der Waals surface area contributed by atoms with E-state index in [1.807, 2.05) is 48.5 Å². The zero-order valence-electron chi connectivity index (χ0n) is 15.7. The van der Waals surface area contributed by atoms with Crippen molar-refractivity contribution in [3.05, 3.63) is 78.4 Å². The van der Waals surface area contributed by atoms with Crippen LogP contribution in [0, 0.1) is 5.92 Å². The van der Waals surface area contributed by atoms with E-state index in [0.29, 0.717) is 5.56 Å². The number of carbonyl (C=O) groups excluding carboxylic acids is 3. The Bertz CT molecular complexity index is 1080. The summed E-state index contributed by atoms with van der Waals surface area (Å²) in [7, 11) is 0. The number of rotatable bonds is 5. The van der Waals surface area contributed by atoms with Crippen LogP contribution in [0.1, 0.15) is 18.0 Å². The number of carbonyl (C=O) groups is 3. The zero-order chi connectivity index (χ0) is 20.4. The molecule has 1 aliphatic rings. The van der Waals surface area contributed by atoms with Crippen LogP contribution in [-0.2, 0) is 14.4 Å². The Balaban J connectivity index is 1.54. The SMILES string of the molecule is NC(=O)C(NC(=O)C1CC(=O)N(c2cccc3ccccc23)C1)c1ccccc1. The van der Waals surface area contributed by atoms with E-state index >= 15 is 0 Å². The van der Waals surface area contributed by atoms with Crippen molar-refractivity contribution >= 4 is 34.2 Å². The summed E-state index contributed by atoms with van der Waals surface area (Å²) in [6.45, 7) is 0.263. The highest BCUT2D eigenvalue weighted by Gasteiger charge is 2.37. The van der Waals surface area contributed by atoms with Crippen molar-refractivity contribution in [3.63, 3.8) is 0 Å². The van der Waals surface area contributed by atoms with Gasteiger partial charge in [0.25, 0.3) is 0 Å². The summed E-state index contributed by atoms with van der Waals surface area (Å²) in [6, 6.07) is 21.5. The van der Waals surface area contributed by atoms with Crippen molar-refractivity contribution in [1.29, 1.82) is 0 Å². The van der Waals surface area contributed by atoms with Crippen LogP contribution >= 0.6 is 0 Å². The van der Waals surface area contributed by atoms with Gasteiger partial charge in [-0.25, -0.2) is 0 Å². The van der Waals surface area contributed by atoms with E-state index < -0.39 is 17.9 Å². The molecule has 1 aliphatic heterocycles. The molecule has 1 saturated heterocycles. The molecule has 6 heteroatoms. The predicted molar refractivity (Wildman–Crippen MR) is 111 cm³/mol. The van der Waals surface area contributed by atoms with E-state index in [2.05, 4.69) is 5.32 Å². The second-order valence-electron chi connectivity index (χ2n) is 7.16. The lowest BCUT2D eigenvalue weighted by Crippen LogP contribution is -2.41. The van der Waals surface area contributed by atoms with E-state index in [9.17, 15) is 14.4 Å². The van der Waals surface area contributed by atoms with Crippen LogP contribution in [0.2, 0.25) is 0 Å². The number of primary amides is 1. The molecule has 3 aromatic rings. The predicted octanol–water partition coefficient (Wildman–Crippen LogP) is 2.54. The Morgan fingerprint density at radius 2 is 1.66 bits per heavy atom. The Morgan fingerprint density at radius 1 is 0.966 bits per heavy atom. The van der Waals surface area contributed by atoms with Crippen LogP contribution in [0.4, 0.5) is 5.69 Å². The van der Waals surface area contributed by atoms with E-state index in [1.165, 1.54) is 0 Å². The highest BCUT2D eigenvalue weighted by Crippen LogP contribution is 2.32. The molecule has 2 atom stereocenters. The molecule has 0 aromatic heterocycles. The van der Waals surface area contributed by atoms with E-state index in [1.54, 1.807) is 29.2 Å². The van der Waals surface area contributed by atoms with Gasteiger partial charge in [0.05, 0.1) is 11.6 Å². The van der Waals surface area contributed by atoms with Gasteiger partial charge in [-0.05, 0) is 17.0 Å². The van der Waals surface area contributed by atoms with Crippen molar-refractivity contribution in [2.24, 2.45) is 11.7 Å². The number of fused-ring (bicyclic) bond motifs is 1. The van der Waals surface area contributed by atoms with Gasteiger partial charge in [-0.2, -0.15) is 0 Å². The van der Waals surface area contributed by atoms with Crippen molar-refractivity contribution in [2.45, 2.75) is 12.5 Å². The lowest BCUT2D eigenvalue weighted by Gasteiger charge is -2.20. The third kappa shape index (κ3) is 3.69. The summed E-state index contributed by atoms with van der Waals surface area (Å²) in [5.41, 5.74) is 6.90. The Hall–Kier alpha value is -3.67. The number of hydrogen-bond acceptors (Lipinski definition) is 3. The van der Waals surface area contributed by atoms with Crippen LogP contribution in [0.3, 0.4) is 0 Å². The first-order valence-corrected chi connectivity index (χ1v) is 9.47. The molecule has 0 saturated carbocycles. The second-order valence-corrected chi connectivity index (χ2v) is 7.16. The summed E-state index contributed by atoms with van der Waals surface area (Å²) >= 11 is 0. The third-order valence-corrected chi connectivity index (χ3v) is 5.26. The van der Waals surface area contributed by atoms with E-state index in [-0.39, 0.29) is 24.8 Å². The van der Waals surface area contributed by atoms with Crippen LogP contribution < -0.4 is 16.0 Å². The largest absolute Gasteiger partial charge is 0.368 e. The smallest absolute Gasteiger partial charge is 0.244 e. The number of nitrogens with one attached hydrogen (secondary N) is 1. The van der Waals surface area contributed by atoms with Crippen molar-refractivity contribution in [3.8, 4) is 0 Å². The molecule has 2 unspecified atom stereocenters. The summed E-state index contributed by atoms with van der Waals surface area (Å²) in [4.78, 5) is 39.0. The lowest BCUT2D eigenvalue weighted by atomic mass is 10.0. The summed E-state index contributed by atoms with van der Waals surface area (Å²) < 4.78 is 0. The molecule has 146 valence electrons. The molecule has 6 nitrogen and oxygen atoms in total. The van der Waals surface area contributed by atoms with Crippen molar-refractivity contribution < 1.29 is 14.4 Å². The van der Waals surface area contributed by atoms with Gasteiger partial charge in [0.15, 0.2) is 0 Å². The Labute approximate surface area is 168 Å². The van der Waals surface area contributed by atoms with Crippen LogP contribution in [0.15, 0.2) is 72.8 Å². The topological polar surface area (TPSA) is 92.5 Å². The van der Waals surface area contributed by atoms with Crippen LogP contribution in [0.5, 0.6) is 0 Å². The maximum absolute atomic E-state index is 12.8. The van der Waals surface area contributed by atoms with Gasteiger partial charge in [0.2, 0.25) is 17.7 Å². The highest BCUT2D eigenvalue weighted by molar-refractivity contribution is 6.07. The monoisotopic (exact) mass is 387 g/mol. The van der Waals surface area contributed by atoms with Gasteiger partial charge in [0, 0.05) is 18.4 Å². The van der Waals surface area contributed by atoms with Crippen LogP contribution in [-0.4, -0.2) is 24.3 Å². The molecule has 3 amide bonds. The summed E-state index contributed by atoms with van der Waals surface area (Å²) in [5.74, 6) is -1.66. The average molecular weight is 387 g/mol. The molecule has 1 fully saturated rings. The lowest BCUT2D eigenvalue weighted by molar-refractivity contribution is -0.130. The van der Waals surface area contributed by atoms with Gasteiger partial charge in [-0.1, -0.05) is 66.7 Å². The van der Waals surface area contributed by atoms with Crippen molar-refractivity contribution in [2.75, 3.05) is 11.4 Å². The fourth-order valence-corrected chi connectivity index (χ4v) is 3.78. The maximum atomic E-state index is 12.8. The first kappa shape index (κ1) is 18.7. The molecular weight excluding hydrogens is 366 g/mol. The van der Waals surface area contributed by atoms with Gasteiger partial charge >= 0.3 is 0 Å². The molecular formula is C23H21N3O3. The standard InChI is InChI=1S/C23H21N3O3/c24-22(28)21(16-8-2-1-3-9-16)25-23(29)17-13-20(27)26(14-17)19-12-6-10-15-7-4-5-11-18(15)19/h1-12,17,21H,13-14H2,(H2,24,28)(H,25,29). The van der Waals surface area contributed by atoms with Gasteiger partial charge in [-0.15, -0.1) is 0 Å². The van der Waals surface area contributed by atoms with E-state index in [0.717, 1.165) is 16.5 Å². The first-order valence-electron chi connectivity index (χ1n) is 9.47. The van der Waals surface area contributed by atoms with Gasteiger partial charge < -0.3 is 16.0 Å². The molecule has 0 spiro atoms. The number of nitrogens with zero attached hydrogens (tertiary/aromatic N) is 1. The van der Waals surface area contributed by atoms with Gasteiger partial charge in [0.1, 0.15) is 6.04 Å². The molecule has 0 radical (unpaired) electrons. The third-order valence-electron chi connectivity index (χ3n) is 5.26. The molecule has 0 bridgehead atoms. The summed E-state index contributed by atoms with van der Waals surface area (Å²) in [5, 5.41) is 4.70. The minimum atomic E-state index is -0.926.